The highest BCUT2D eigenvalue weighted by Crippen LogP contribution is 2.46. The van der Waals surface area contributed by atoms with E-state index in [2.05, 4.69) is 24.0 Å². The molecule has 0 N–H and O–H groups in total. The van der Waals surface area contributed by atoms with E-state index in [1.807, 2.05) is 24.3 Å². The van der Waals surface area contributed by atoms with Gasteiger partial charge in [-0.05, 0) is 55.0 Å². The third-order valence-electron chi connectivity index (χ3n) is 5.44. The number of likely N-dealkylation sites (tertiary alicyclic amines) is 1. The average Bonchev–Trinajstić information content (AvgIpc) is 3.37. The highest BCUT2D eigenvalue weighted by molar-refractivity contribution is 7.92. The van der Waals surface area contributed by atoms with Crippen LogP contribution in [0, 0.1) is 6.92 Å². The Bertz CT molecular complexity index is 1070. The van der Waals surface area contributed by atoms with E-state index in [9.17, 15) is 8.42 Å². The number of hydrogen-bond donors (Lipinski definition) is 0. The van der Waals surface area contributed by atoms with Crippen LogP contribution in [0.15, 0.2) is 58.0 Å². The topological polar surface area (TPSA) is 50.5 Å². The van der Waals surface area contributed by atoms with E-state index in [-0.39, 0.29) is 11.2 Å². The van der Waals surface area contributed by atoms with Crippen molar-refractivity contribution in [1.29, 1.82) is 0 Å². The van der Waals surface area contributed by atoms with Gasteiger partial charge in [-0.3, -0.25) is 4.90 Å². The maximum absolute atomic E-state index is 13.0. The largest absolute Gasteiger partial charge is 0.464 e. The lowest BCUT2D eigenvalue weighted by molar-refractivity contribution is 0.328. The fourth-order valence-corrected chi connectivity index (χ4v) is 7.37. The van der Waals surface area contributed by atoms with Crippen LogP contribution >= 0.6 is 11.3 Å². The standard InChI is InChI=1S/C20H19NO3S2/c1-13-4-6-15(25-13)10-21-11-17-16-9-14(18-3-2-8-24-18)5-7-19(16)26(22,23)20(17)12-21/h2-9,17,20H,10-12H2,1H3/t17-,20+/m1/s1. The Morgan fingerprint density at radius 3 is 2.81 bits per heavy atom. The third kappa shape index (κ3) is 2.47. The summed E-state index contributed by atoms with van der Waals surface area (Å²) in [6.07, 6.45) is 1.64. The highest BCUT2D eigenvalue weighted by atomic mass is 32.2. The molecule has 0 aliphatic carbocycles. The van der Waals surface area contributed by atoms with Crippen molar-refractivity contribution in [3.8, 4) is 11.3 Å². The van der Waals surface area contributed by atoms with Gasteiger partial charge in [0.05, 0.1) is 16.4 Å². The third-order valence-corrected chi connectivity index (χ3v) is 8.68. The molecule has 2 aliphatic rings. The minimum absolute atomic E-state index is 0.0472. The minimum atomic E-state index is -3.26. The number of fused-ring (bicyclic) bond motifs is 3. The van der Waals surface area contributed by atoms with Crippen molar-refractivity contribution in [2.75, 3.05) is 13.1 Å². The molecule has 6 heteroatoms. The Hall–Kier alpha value is -1.89. The summed E-state index contributed by atoms with van der Waals surface area (Å²) >= 11 is 1.79. The SMILES string of the molecule is Cc1ccc(CN2C[C@@H]3c4cc(-c5ccco5)ccc4S(=O)(=O)[C@H]3C2)s1. The Balaban J connectivity index is 1.48. The van der Waals surface area contributed by atoms with Gasteiger partial charge in [0.1, 0.15) is 5.76 Å². The number of nitrogens with zero attached hydrogens (tertiary/aromatic N) is 1. The maximum Gasteiger partial charge on any atom is 0.183 e. The Morgan fingerprint density at radius 2 is 2.08 bits per heavy atom. The van der Waals surface area contributed by atoms with Crippen LogP contribution in [0.4, 0.5) is 0 Å². The lowest BCUT2D eigenvalue weighted by Gasteiger charge is -2.16. The van der Waals surface area contributed by atoms with Crippen molar-refractivity contribution >= 4 is 21.2 Å². The van der Waals surface area contributed by atoms with Gasteiger partial charge in [0.25, 0.3) is 0 Å². The van der Waals surface area contributed by atoms with Crippen molar-refractivity contribution in [2.24, 2.45) is 0 Å². The van der Waals surface area contributed by atoms with Crippen molar-refractivity contribution in [1.82, 2.24) is 4.90 Å². The Labute approximate surface area is 157 Å². The van der Waals surface area contributed by atoms with Crippen LogP contribution in [-0.2, 0) is 16.4 Å². The molecule has 0 bridgehead atoms. The molecule has 4 nitrogen and oxygen atoms in total. The molecule has 0 unspecified atom stereocenters. The summed E-state index contributed by atoms with van der Waals surface area (Å²) in [5.41, 5.74) is 1.89. The first kappa shape index (κ1) is 16.3. The molecule has 134 valence electrons. The maximum atomic E-state index is 13.0. The van der Waals surface area contributed by atoms with Gasteiger partial charge in [0, 0.05) is 40.9 Å². The smallest absolute Gasteiger partial charge is 0.183 e. The van der Waals surface area contributed by atoms with Crippen LogP contribution in [0.2, 0.25) is 0 Å². The zero-order valence-electron chi connectivity index (χ0n) is 14.4. The number of furan rings is 1. The fourth-order valence-electron chi connectivity index (χ4n) is 4.24. The molecule has 2 atom stereocenters. The van der Waals surface area contributed by atoms with Crippen LogP contribution in [0.3, 0.4) is 0 Å². The monoisotopic (exact) mass is 385 g/mol. The lowest BCUT2D eigenvalue weighted by Crippen LogP contribution is -2.25. The number of aryl methyl sites for hydroxylation is 1. The Morgan fingerprint density at radius 1 is 1.19 bits per heavy atom. The average molecular weight is 386 g/mol. The number of thiophene rings is 1. The minimum Gasteiger partial charge on any atom is -0.464 e. The van der Waals surface area contributed by atoms with E-state index >= 15 is 0 Å². The molecule has 2 aliphatic heterocycles. The summed E-state index contributed by atoms with van der Waals surface area (Å²) in [6, 6.07) is 13.6. The second kappa shape index (κ2) is 5.81. The van der Waals surface area contributed by atoms with Gasteiger partial charge in [0.15, 0.2) is 9.84 Å². The highest BCUT2D eigenvalue weighted by Gasteiger charge is 2.50. The first-order chi connectivity index (χ1) is 12.5. The van der Waals surface area contributed by atoms with Crippen LogP contribution < -0.4 is 0 Å². The van der Waals surface area contributed by atoms with Crippen LogP contribution in [0.25, 0.3) is 11.3 Å². The first-order valence-electron chi connectivity index (χ1n) is 8.72. The molecular weight excluding hydrogens is 366 g/mol. The van der Waals surface area contributed by atoms with Gasteiger partial charge in [-0.1, -0.05) is 0 Å². The molecule has 26 heavy (non-hydrogen) atoms. The van der Waals surface area contributed by atoms with Crippen LogP contribution in [-0.4, -0.2) is 31.7 Å². The first-order valence-corrected chi connectivity index (χ1v) is 11.1. The van der Waals surface area contributed by atoms with Crippen molar-refractivity contribution in [3.05, 3.63) is 64.0 Å². The summed E-state index contributed by atoms with van der Waals surface area (Å²) in [7, 11) is -3.26. The molecule has 0 amide bonds. The van der Waals surface area contributed by atoms with E-state index in [0.717, 1.165) is 30.0 Å². The molecule has 5 rings (SSSR count). The second-order valence-corrected chi connectivity index (χ2v) is 10.6. The zero-order chi connectivity index (χ0) is 17.9. The number of rotatable bonds is 3. The van der Waals surface area contributed by atoms with Crippen molar-refractivity contribution in [2.45, 2.75) is 29.5 Å². The lowest BCUT2D eigenvalue weighted by atomic mass is 9.96. The molecule has 3 aromatic rings. The molecule has 1 saturated heterocycles. The predicted octanol–water partition coefficient (Wildman–Crippen LogP) is 4.07. The molecule has 0 radical (unpaired) electrons. The van der Waals surface area contributed by atoms with E-state index < -0.39 is 9.84 Å². The summed E-state index contributed by atoms with van der Waals surface area (Å²) in [5.74, 6) is 0.823. The fraction of sp³-hybridized carbons (Fsp3) is 0.300. The molecule has 0 spiro atoms. The predicted molar refractivity (Wildman–Crippen MR) is 102 cm³/mol. The van der Waals surface area contributed by atoms with Gasteiger partial charge >= 0.3 is 0 Å². The van der Waals surface area contributed by atoms with Crippen LogP contribution in [0.1, 0.15) is 21.2 Å². The van der Waals surface area contributed by atoms with E-state index in [1.54, 1.807) is 23.7 Å². The van der Waals surface area contributed by atoms with E-state index in [0.29, 0.717) is 11.4 Å². The van der Waals surface area contributed by atoms with Gasteiger partial charge in [-0.25, -0.2) is 8.42 Å². The quantitative estimate of drug-likeness (QED) is 0.682. The van der Waals surface area contributed by atoms with Crippen molar-refractivity contribution < 1.29 is 12.8 Å². The zero-order valence-corrected chi connectivity index (χ0v) is 16.0. The normalized spacial score (nSPS) is 23.9. The molecule has 4 heterocycles. The molecular formula is C20H19NO3S2. The molecule has 0 saturated carbocycles. The Kier molecular flexibility index (Phi) is 3.64. The number of sulfone groups is 1. The summed E-state index contributed by atoms with van der Waals surface area (Å²) in [6.45, 7) is 4.32. The van der Waals surface area contributed by atoms with Gasteiger partial charge in [-0.15, -0.1) is 11.3 Å². The van der Waals surface area contributed by atoms with Gasteiger partial charge in [-0.2, -0.15) is 0 Å². The number of benzene rings is 1. The van der Waals surface area contributed by atoms with Crippen LogP contribution in [0.5, 0.6) is 0 Å². The number of hydrogen-bond acceptors (Lipinski definition) is 5. The van der Waals surface area contributed by atoms with E-state index in [4.69, 9.17) is 4.42 Å². The second-order valence-electron chi connectivity index (χ2n) is 7.13. The molecule has 1 fully saturated rings. The van der Waals surface area contributed by atoms with E-state index in [1.165, 1.54) is 9.75 Å². The summed E-state index contributed by atoms with van der Waals surface area (Å²) in [4.78, 5) is 5.38. The van der Waals surface area contributed by atoms with Crippen molar-refractivity contribution in [3.63, 3.8) is 0 Å². The van der Waals surface area contributed by atoms with Gasteiger partial charge in [0.2, 0.25) is 0 Å². The molecule has 2 aromatic heterocycles. The molecule has 1 aromatic carbocycles. The van der Waals surface area contributed by atoms with Gasteiger partial charge < -0.3 is 4.42 Å². The summed E-state index contributed by atoms with van der Waals surface area (Å²) < 4.78 is 31.5. The summed E-state index contributed by atoms with van der Waals surface area (Å²) in [5, 5.41) is -0.328.